The average Bonchev–Trinajstić information content (AvgIpc) is 2.19. The maximum Gasteiger partial charge on any atom is 0.0633 e. The molecule has 0 heterocycles. The highest BCUT2D eigenvalue weighted by Crippen LogP contribution is 2.37. The number of fused-ring (bicyclic) bond motifs is 2. The molecule has 0 unspecified atom stereocenters. The van der Waals surface area contributed by atoms with Crippen molar-refractivity contribution in [3.63, 3.8) is 0 Å². The van der Waals surface area contributed by atoms with E-state index in [-0.39, 0.29) is 6.10 Å². The minimum Gasteiger partial charge on any atom is -0.392 e. The van der Waals surface area contributed by atoms with Gasteiger partial charge in [0.05, 0.1) is 6.10 Å². The third-order valence-corrected chi connectivity index (χ3v) is 2.61. The van der Waals surface area contributed by atoms with Gasteiger partial charge < -0.3 is 5.11 Å². The molecule has 50 valence electrons. The lowest BCUT2D eigenvalue weighted by atomic mass is 9.92. The van der Waals surface area contributed by atoms with Crippen LogP contribution in [0.1, 0.15) is 19.3 Å². The van der Waals surface area contributed by atoms with Gasteiger partial charge in [-0.1, -0.05) is 12.2 Å². The fourth-order valence-corrected chi connectivity index (χ4v) is 1.99. The number of aliphatic hydroxyl groups excluding tert-OH is 1. The maximum atomic E-state index is 9.46. The van der Waals surface area contributed by atoms with E-state index in [1.807, 2.05) is 0 Å². The highest BCUT2D eigenvalue weighted by Gasteiger charge is 2.34. The second-order valence-electron chi connectivity index (χ2n) is 3.16. The Labute approximate surface area is 55.4 Å². The lowest BCUT2D eigenvalue weighted by Crippen LogP contribution is -2.21. The minimum atomic E-state index is -0.00463. The van der Waals surface area contributed by atoms with Crippen LogP contribution in [0.5, 0.6) is 0 Å². The van der Waals surface area contributed by atoms with Crippen LogP contribution in [0, 0.1) is 11.8 Å². The van der Waals surface area contributed by atoms with Crippen molar-refractivity contribution in [2.24, 2.45) is 11.8 Å². The SMILES string of the molecule is O[C@@H]1[C@@H]2CC=C[C@H]1CC2. The van der Waals surface area contributed by atoms with Crippen LogP contribution in [0.4, 0.5) is 0 Å². The first-order chi connectivity index (χ1) is 4.38. The van der Waals surface area contributed by atoms with E-state index in [4.69, 9.17) is 0 Å². The molecule has 1 fully saturated rings. The van der Waals surface area contributed by atoms with Crippen molar-refractivity contribution in [1.29, 1.82) is 0 Å². The van der Waals surface area contributed by atoms with Crippen LogP contribution in [0.3, 0.4) is 0 Å². The molecule has 1 saturated carbocycles. The Bertz CT molecular complexity index is 140. The van der Waals surface area contributed by atoms with Gasteiger partial charge in [-0.2, -0.15) is 0 Å². The molecule has 0 radical (unpaired) electrons. The zero-order chi connectivity index (χ0) is 6.27. The molecule has 1 N–H and O–H groups in total. The van der Waals surface area contributed by atoms with E-state index in [0.29, 0.717) is 11.8 Å². The molecule has 9 heavy (non-hydrogen) atoms. The van der Waals surface area contributed by atoms with Crippen LogP contribution in [0.25, 0.3) is 0 Å². The largest absolute Gasteiger partial charge is 0.392 e. The van der Waals surface area contributed by atoms with Crippen molar-refractivity contribution in [2.75, 3.05) is 0 Å². The van der Waals surface area contributed by atoms with Crippen molar-refractivity contribution in [1.82, 2.24) is 0 Å². The molecule has 1 nitrogen and oxygen atoms in total. The Morgan fingerprint density at radius 2 is 2.22 bits per heavy atom. The summed E-state index contributed by atoms with van der Waals surface area (Å²) in [5.41, 5.74) is 0. The molecular formula is C8H12O. The van der Waals surface area contributed by atoms with Crippen LogP contribution < -0.4 is 0 Å². The van der Waals surface area contributed by atoms with Gasteiger partial charge in [0.15, 0.2) is 0 Å². The topological polar surface area (TPSA) is 20.2 Å². The summed E-state index contributed by atoms with van der Waals surface area (Å²) in [7, 11) is 0. The number of allylic oxidation sites excluding steroid dienone is 1. The first-order valence-electron chi connectivity index (χ1n) is 3.72. The summed E-state index contributed by atoms with van der Waals surface area (Å²) < 4.78 is 0. The quantitative estimate of drug-likeness (QED) is 0.483. The molecule has 3 atom stereocenters. The predicted molar refractivity (Wildman–Crippen MR) is 36.0 cm³/mol. The van der Waals surface area contributed by atoms with Crippen LogP contribution in [0.2, 0.25) is 0 Å². The van der Waals surface area contributed by atoms with E-state index in [1.165, 1.54) is 12.8 Å². The molecule has 0 aromatic heterocycles. The van der Waals surface area contributed by atoms with E-state index in [9.17, 15) is 5.11 Å². The Morgan fingerprint density at radius 1 is 1.33 bits per heavy atom. The molecular weight excluding hydrogens is 112 g/mol. The molecule has 0 aromatic carbocycles. The molecule has 2 aliphatic carbocycles. The van der Waals surface area contributed by atoms with E-state index >= 15 is 0 Å². The highest BCUT2D eigenvalue weighted by atomic mass is 16.3. The maximum absolute atomic E-state index is 9.46. The summed E-state index contributed by atoms with van der Waals surface area (Å²) in [4.78, 5) is 0. The van der Waals surface area contributed by atoms with Gasteiger partial charge in [-0.25, -0.2) is 0 Å². The Balaban J connectivity index is 2.22. The smallest absolute Gasteiger partial charge is 0.0633 e. The van der Waals surface area contributed by atoms with Gasteiger partial charge in [0.1, 0.15) is 0 Å². The zero-order valence-corrected chi connectivity index (χ0v) is 5.46. The van der Waals surface area contributed by atoms with Crippen molar-refractivity contribution in [3.05, 3.63) is 12.2 Å². The number of hydrogen-bond acceptors (Lipinski definition) is 1. The third kappa shape index (κ3) is 0.715. The van der Waals surface area contributed by atoms with Gasteiger partial charge in [0.2, 0.25) is 0 Å². The van der Waals surface area contributed by atoms with Crippen molar-refractivity contribution >= 4 is 0 Å². The summed E-state index contributed by atoms with van der Waals surface area (Å²) in [6, 6.07) is 0. The number of rotatable bonds is 0. The molecule has 2 rings (SSSR count). The lowest BCUT2D eigenvalue weighted by Gasteiger charge is -2.19. The van der Waals surface area contributed by atoms with Gasteiger partial charge in [0, 0.05) is 5.92 Å². The molecule has 2 aliphatic rings. The van der Waals surface area contributed by atoms with Crippen LogP contribution in [-0.2, 0) is 0 Å². The Kier molecular flexibility index (Phi) is 1.12. The van der Waals surface area contributed by atoms with Gasteiger partial charge in [-0.3, -0.25) is 0 Å². The zero-order valence-electron chi connectivity index (χ0n) is 5.46. The number of hydrogen-bond donors (Lipinski definition) is 1. The van der Waals surface area contributed by atoms with Crippen LogP contribution in [-0.4, -0.2) is 11.2 Å². The molecule has 1 heteroatoms. The molecule has 0 spiro atoms. The van der Waals surface area contributed by atoms with Gasteiger partial charge in [-0.15, -0.1) is 0 Å². The van der Waals surface area contributed by atoms with E-state index in [2.05, 4.69) is 12.2 Å². The number of aliphatic hydroxyl groups is 1. The molecule has 0 amide bonds. The standard InChI is InChI=1S/C8H12O/c9-8-6-2-1-3-7(8)5-4-6/h1-2,6-9H,3-5H2/t6-,7+,8-/m0/s1. The molecule has 0 saturated heterocycles. The van der Waals surface area contributed by atoms with Crippen LogP contribution >= 0.6 is 0 Å². The van der Waals surface area contributed by atoms with Gasteiger partial charge in [-0.05, 0) is 25.2 Å². The molecule has 2 bridgehead atoms. The molecule has 0 aliphatic heterocycles. The summed E-state index contributed by atoms with van der Waals surface area (Å²) in [6.45, 7) is 0. The summed E-state index contributed by atoms with van der Waals surface area (Å²) in [5, 5.41) is 9.46. The van der Waals surface area contributed by atoms with E-state index in [1.54, 1.807) is 0 Å². The van der Waals surface area contributed by atoms with E-state index in [0.717, 1.165) is 6.42 Å². The highest BCUT2D eigenvalue weighted by molar-refractivity contribution is 5.05. The van der Waals surface area contributed by atoms with Crippen molar-refractivity contribution in [2.45, 2.75) is 25.4 Å². The summed E-state index contributed by atoms with van der Waals surface area (Å²) >= 11 is 0. The Hall–Kier alpha value is -0.300. The van der Waals surface area contributed by atoms with Gasteiger partial charge in [0.25, 0.3) is 0 Å². The fourth-order valence-electron chi connectivity index (χ4n) is 1.99. The summed E-state index contributed by atoms with van der Waals surface area (Å²) in [5.74, 6) is 1.10. The van der Waals surface area contributed by atoms with Crippen molar-refractivity contribution < 1.29 is 5.11 Å². The second kappa shape index (κ2) is 1.84. The van der Waals surface area contributed by atoms with Crippen LogP contribution in [0.15, 0.2) is 12.2 Å². The van der Waals surface area contributed by atoms with Gasteiger partial charge >= 0.3 is 0 Å². The predicted octanol–water partition coefficient (Wildman–Crippen LogP) is 1.33. The minimum absolute atomic E-state index is 0.00463. The summed E-state index contributed by atoms with van der Waals surface area (Å²) in [6.07, 6.45) is 7.94. The average molecular weight is 124 g/mol. The first-order valence-corrected chi connectivity index (χ1v) is 3.72. The fraction of sp³-hybridized carbons (Fsp3) is 0.750. The lowest BCUT2D eigenvalue weighted by molar-refractivity contribution is 0.103. The molecule has 0 aromatic rings. The van der Waals surface area contributed by atoms with Crippen molar-refractivity contribution in [3.8, 4) is 0 Å². The second-order valence-corrected chi connectivity index (χ2v) is 3.16. The Morgan fingerprint density at radius 3 is 2.89 bits per heavy atom. The van der Waals surface area contributed by atoms with E-state index < -0.39 is 0 Å². The first kappa shape index (κ1) is 5.48. The third-order valence-electron chi connectivity index (χ3n) is 2.61. The monoisotopic (exact) mass is 124 g/mol. The normalized spacial score (nSPS) is 47.9.